The van der Waals surface area contributed by atoms with Gasteiger partial charge in [0, 0.05) is 5.56 Å². The molecule has 7 heteroatoms. The molecule has 1 heterocycles. The maximum Gasteiger partial charge on any atom is 0.338 e. The molecule has 1 aliphatic heterocycles. The Morgan fingerprint density at radius 3 is 2.43 bits per heavy atom. The molecule has 0 N–H and O–H groups in total. The highest BCUT2D eigenvalue weighted by molar-refractivity contribution is 6.22. The number of ether oxygens (including phenoxy) is 6. The predicted octanol–water partition coefficient (Wildman–Crippen LogP) is 3.54. The number of methoxy groups -OCH3 is 3. The van der Waals surface area contributed by atoms with Crippen molar-refractivity contribution in [3.63, 3.8) is 0 Å². The largest absolute Gasteiger partial charge is 0.493 e. The van der Waals surface area contributed by atoms with Gasteiger partial charge in [-0.15, -0.1) is 0 Å². The molecule has 28 heavy (non-hydrogen) atoms. The summed E-state index contributed by atoms with van der Waals surface area (Å²) in [5.41, 5.74) is 1.60. The van der Waals surface area contributed by atoms with Gasteiger partial charge < -0.3 is 28.4 Å². The van der Waals surface area contributed by atoms with Crippen LogP contribution in [0, 0.1) is 0 Å². The van der Waals surface area contributed by atoms with Gasteiger partial charge in [0.25, 0.3) is 0 Å². The van der Waals surface area contributed by atoms with Crippen LogP contribution in [0.3, 0.4) is 0 Å². The molecule has 0 saturated heterocycles. The SMILES string of the molecule is CCOC(=O)/C(=C/c1ccc2c(c1)OCO2)c1ccc(OC)c(OC)c1OC. The smallest absolute Gasteiger partial charge is 0.338 e. The molecule has 0 atom stereocenters. The summed E-state index contributed by atoms with van der Waals surface area (Å²) in [6.45, 7) is 2.17. The number of carbonyl (C=O) groups excluding carboxylic acids is 1. The Labute approximate surface area is 163 Å². The number of esters is 1. The van der Waals surface area contributed by atoms with E-state index in [1.165, 1.54) is 21.3 Å². The van der Waals surface area contributed by atoms with Crippen LogP contribution < -0.4 is 23.7 Å². The second-order valence-corrected chi connectivity index (χ2v) is 5.77. The third kappa shape index (κ3) is 3.69. The van der Waals surface area contributed by atoms with Crippen LogP contribution in [-0.4, -0.2) is 40.7 Å². The molecule has 0 bridgehead atoms. The summed E-state index contributed by atoms with van der Waals surface area (Å²) in [6, 6.07) is 8.87. The molecule has 1 aliphatic rings. The van der Waals surface area contributed by atoms with E-state index < -0.39 is 5.97 Å². The van der Waals surface area contributed by atoms with Gasteiger partial charge in [-0.25, -0.2) is 4.79 Å². The average molecular weight is 386 g/mol. The molecule has 0 radical (unpaired) electrons. The molecule has 0 amide bonds. The highest BCUT2D eigenvalue weighted by Gasteiger charge is 2.23. The summed E-state index contributed by atoms with van der Waals surface area (Å²) >= 11 is 0. The van der Waals surface area contributed by atoms with Crippen molar-refractivity contribution in [2.45, 2.75) is 6.92 Å². The molecule has 0 unspecified atom stereocenters. The lowest BCUT2D eigenvalue weighted by molar-refractivity contribution is -0.136. The van der Waals surface area contributed by atoms with Crippen LogP contribution in [0.4, 0.5) is 0 Å². The zero-order valence-electron chi connectivity index (χ0n) is 16.2. The van der Waals surface area contributed by atoms with Crippen molar-refractivity contribution in [3.05, 3.63) is 41.5 Å². The highest BCUT2D eigenvalue weighted by atomic mass is 16.7. The average Bonchev–Trinajstić information content (AvgIpc) is 3.18. The number of carbonyl (C=O) groups is 1. The number of rotatable bonds is 7. The quantitative estimate of drug-likeness (QED) is 0.409. The highest BCUT2D eigenvalue weighted by Crippen LogP contribution is 2.43. The van der Waals surface area contributed by atoms with Gasteiger partial charge >= 0.3 is 5.97 Å². The lowest BCUT2D eigenvalue weighted by Crippen LogP contribution is -2.09. The maximum absolute atomic E-state index is 12.7. The van der Waals surface area contributed by atoms with E-state index in [1.54, 1.807) is 37.3 Å². The van der Waals surface area contributed by atoms with Crippen molar-refractivity contribution in [3.8, 4) is 28.7 Å². The molecule has 2 aromatic carbocycles. The minimum Gasteiger partial charge on any atom is -0.493 e. The van der Waals surface area contributed by atoms with E-state index in [0.29, 0.717) is 39.9 Å². The second kappa shape index (κ2) is 8.56. The maximum atomic E-state index is 12.7. The van der Waals surface area contributed by atoms with Crippen LogP contribution in [0.5, 0.6) is 28.7 Å². The number of benzene rings is 2. The Bertz CT molecular complexity index is 902. The third-order valence-electron chi connectivity index (χ3n) is 4.20. The lowest BCUT2D eigenvalue weighted by atomic mass is 10.0. The first-order chi connectivity index (χ1) is 13.6. The molecule has 0 saturated carbocycles. The normalized spacial score (nSPS) is 12.5. The number of hydrogen-bond acceptors (Lipinski definition) is 7. The summed E-state index contributed by atoms with van der Waals surface area (Å²) in [5, 5.41) is 0. The van der Waals surface area contributed by atoms with E-state index in [2.05, 4.69) is 0 Å². The minimum absolute atomic E-state index is 0.177. The van der Waals surface area contributed by atoms with Gasteiger partial charge in [0.2, 0.25) is 12.5 Å². The van der Waals surface area contributed by atoms with Gasteiger partial charge in [-0.05, 0) is 42.8 Å². The minimum atomic E-state index is -0.481. The van der Waals surface area contributed by atoms with E-state index in [1.807, 2.05) is 6.07 Å². The van der Waals surface area contributed by atoms with Crippen LogP contribution in [0.1, 0.15) is 18.1 Å². The fourth-order valence-corrected chi connectivity index (χ4v) is 2.94. The second-order valence-electron chi connectivity index (χ2n) is 5.77. The zero-order chi connectivity index (χ0) is 20.1. The van der Waals surface area contributed by atoms with Crippen LogP contribution in [0.2, 0.25) is 0 Å². The Kier molecular flexibility index (Phi) is 5.93. The first-order valence-corrected chi connectivity index (χ1v) is 8.70. The molecular formula is C21H22O7. The van der Waals surface area contributed by atoms with Crippen LogP contribution in [-0.2, 0) is 9.53 Å². The monoisotopic (exact) mass is 386 g/mol. The number of fused-ring (bicyclic) bond motifs is 1. The number of hydrogen-bond donors (Lipinski definition) is 0. The fraction of sp³-hybridized carbons (Fsp3) is 0.286. The molecule has 0 spiro atoms. The Morgan fingerprint density at radius 2 is 1.75 bits per heavy atom. The van der Waals surface area contributed by atoms with E-state index in [0.717, 1.165) is 5.56 Å². The molecule has 148 valence electrons. The summed E-state index contributed by atoms with van der Waals surface area (Å²) in [6.07, 6.45) is 1.71. The molecule has 0 fully saturated rings. The molecule has 2 aromatic rings. The summed E-state index contributed by atoms with van der Waals surface area (Å²) in [4.78, 5) is 12.7. The van der Waals surface area contributed by atoms with Crippen molar-refractivity contribution in [1.29, 1.82) is 0 Å². The van der Waals surface area contributed by atoms with Crippen molar-refractivity contribution < 1.29 is 33.2 Å². The first-order valence-electron chi connectivity index (χ1n) is 8.70. The van der Waals surface area contributed by atoms with Gasteiger partial charge in [-0.1, -0.05) is 6.07 Å². The van der Waals surface area contributed by atoms with E-state index >= 15 is 0 Å². The van der Waals surface area contributed by atoms with E-state index in [4.69, 9.17) is 28.4 Å². The van der Waals surface area contributed by atoms with Crippen LogP contribution in [0.15, 0.2) is 30.3 Å². The Balaban J connectivity index is 2.15. The molecule has 3 rings (SSSR count). The fourth-order valence-electron chi connectivity index (χ4n) is 2.94. The molecule has 7 nitrogen and oxygen atoms in total. The molecular weight excluding hydrogens is 364 g/mol. The molecule has 0 aliphatic carbocycles. The van der Waals surface area contributed by atoms with Gasteiger partial charge in [-0.2, -0.15) is 0 Å². The van der Waals surface area contributed by atoms with Gasteiger partial charge in [-0.3, -0.25) is 0 Å². The standard InChI is InChI=1S/C21H22O7/c1-5-26-21(22)15(10-13-6-8-16-18(11-13)28-12-27-16)14-7-9-17(23-2)20(25-4)19(14)24-3/h6-11H,5,12H2,1-4H3/b15-10+. The van der Waals surface area contributed by atoms with E-state index in [-0.39, 0.29) is 13.4 Å². The third-order valence-corrected chi connectivity index (χ3v) is 4.20. The van der Waals surface area contributed by atoms with Gasteiger partial charge in [0.15, 0.2) is 23.0 Å². The van der Waals surface area contributed by atoms with Gasteiger partial charge in [0.1, 0.15) is 0 Å². The van der Waals surface area contributed by atoms with Crippen LogP contribution >= 0.6 is 0 Å². The first kappa shape index (κ1) is 19.4. The molecule has 0 aromatic heterocycles. The van der Waals surface area contributed by atoms with Crippen molar-refractivity contribution in [2.24, 2.45) is 0 Å². The van der Waals surface area contributed by atoms with Gasteiger partial charge in [0.05, 0.1) is 33.5 Å². The van der Waals surface area contributed by atoms with E-state index in [9.17, 15) is 4.79 Å². The van der Waals surface area contributed by atoms with Crippen molar-refractivity contribution in [1.82, 2.24) is 0 Å². The zero-order valence-corrected chi connectivity index (χ0v) is 16.2. The summed E-state index contributed by atoms with van der Waals surface area (Å²) in [5.74, 6) is 2.07. The lowest BCUT2D eigenvalue weighted by Gasteiger charge is -2.17. The summed E-state index contributed by atoms with van der Waals surface area (Å²) < 4.78 is 32.3. The van der Waals surface area contributed by atoms with Crippen LogP contribution in [0.25, 0.3) is 11.6 Å². The predicted molar refractivity (Wildman–Crippen MR) is 103 cm³/mol. The Morgan fingerprint density at radius 1 is 1.00 bits per heavy atom. The van der Waals surface area contributed by atoms with Crippen molar-refractivity contribution in [2.75, 3.05) is 34.7 Å². The Hall–Kier alpha value is -3.35. The van der Waals surface area contributed by atoms with Crippen molar-refractivity contribution >= 4 is 17.6 Å². The summed E-state index contributed by atoms with van der Waals surface area (Å²) in [7, 11) is 4.55. The topological polar surface area (TPSA) is 72.5 Å².